The lowest BCUT2D eigenvalue weighted by Crippen LogP contribution is -2.33. The van der Waals surface area contributed by atoms with Crippen molar-refractivity contribution in [3.63, 3.8) is 0 Å². The maximum absolute atomic E-state index is 14.6. The Morgan fingerprint density at radius 1 is 0.739 bits per heavy atom. The van der Waals surface area contributed by atoms with Gasteiger partial charge in [0.25, 0.3) is 0 Å². The molecular formula is C22H41F. The molecule has 0 atom stereocenters. The van der Waals surface area contributed by atoms with E-state index in [4.69, 9.17) is 0 Å². The van der Waals surface area contributed by atoms with Gasteiger partial charge < -0.3 is 0 Å². The molecule has 0 spiro atoms. The van der Waals surface area contributed by atoms with Crippen LogP contribution >= 0.6 is 0 Å². The highest BCUT2D eigenvalue weighted by atomic mass is 19.1. The van der Waals surface area contributed by atoms with Crippen molar-refractivity contribution in [1.29, 1.82) is 0 Å². The van der Waals surface area contributed by atoms with E-state index in [0.29, 0.717) is 0 Å². The molecule has 0 N–H and O–H groups in total. The first-order chi connectivity index (χ1) is 11.2. The number of rotatable bonds is 9. The average molecular weight is 325 g/mol. The van der Waals surface area contributed by atoms with Gasteiger partial charge in [0, 0.05) is 0 Å². The van der Waals surface area contributed by atoms with E-state index >= 15 is 0 Å². The van der Waals surface area contributed by atoms with Gasteiger partial charge in [-0.3, -0.25) is 0 Å². The molecule has 2 aliphatic carbocycles. The summed E-state index contributed by atoms with van der Waals surface area (Å²) in [6, 6.07) is 0. The van der Waals surface area contributed by atoms with Gasteiger partial charge in [0.15, 0.2) is 0 Å². The van der Waals surface area contributed by atoms with Gasteiger partial charge in [0.2, 0.25) is 0 Å². The third-order valence-corrected chi connectivity index (χ3v) is 6.90. The lowest BCUT2D eigenvalue weighted by Gasteiger charge is -2.40. The molecule has 0 heterocycles. The van der Waals surface area contributed by atoms with Crippen LogP contribution < -0.4 is 0 Å². The Morgan fingerprint density at radius 3 is 1.96 bits per heavy atom. The van der Waals surface area contributed by atoms with Gasteiger partial charge >= 0.3 is 0 Å². The standard InChI is InChI=1S/C22H41F/c1-3-5-6-7-8-9-19-10-12-20(13-11-19)21-14-17-22(23,16-4-2)18-15-21/h19-21H,3-18H2,1-2H3. The summed E-state index contributed by atoms with van der Waals surface area (Å²) in [5, 5.41) is 0. The Morgan fingerprint density at radius 2 is 1.35 bits per heavy atom. The predicted molar refractivity (Wildman–Crippen MR) is 99.5 cm³/mol. The maximum atomic E-state index is 14.6. The third kappa shape index (κ3) is 6.39. The summed E-state index contributed by atoms with van der Waals surface area (Å²) in [5.41, 5.74) is -0.805. The van der Waals surface area contributed by atoms with Crippen LogP contribution in [0.25, 0.3) is 0 Å². The van der Waals surface area contributed by atoms with Crippen LogP contribution in [-0.2, 0) is 0 Å². The summed E-state index contributed by atoms with van der Waals surface area (Å²) in [6.07, 6.45) is 20.2. The van der Waals surface area contributed by atoms with Crippen molar-refractivity contribution in [3.05, 3.63) is 0 Å². The zero-order chi connectivity index (χ0) is 16.5. The van der Waals surface area contributed by atoms with Gasteiger partial charge in [-0.1, -0.05) is 71.6 Å². The van der Waals surface area contributed by atoms with E-state index < -0.39 is 5.67 Å². The van der Waals surface area contributed by atoms with E-state index in [-0.39, 0.29) is 0 Å². The molecule has 23 heavy (non-hydrogen) atoms. The van der Waals surface area contributed by atoms with Crippen LogP contribution in [0.5, 0.6) is 0 Å². The number of halogens is 1. The summed E-state index contributed by atoms with van der Waals surface area (Å²) in [4.78, 5) is 0. The highest BCUT2D eigenvalue weighted by Gasteiger charge is 2.37. The topological polar surface area (TPSA) is 0 Å². The summed E-state index contributed by atoms with van der Waals surface area (Å²) in [5.74, 6) is 2.79. The summed E-state index contributed by atoms with van der Waals surface area (Å²) < 4.78 is 14.6. The molecule has 0 nitrogen and oxygen atoms in total. The van der Waals surface area contributed by atoms with Crippen LogP contribution in [0.4, 0.5) is 4.39 Å². The molecule has 2 rings (SSSR count). The van der Waals surface area contributed by atoms with E-state index in [1.54, 1.807) is 0 Å². The van der Waals surface area contributed by atoms with Crippen molar-refractivity contribution in [1.82, 2.24) is 0 Å². The fraction of sp³-hybridized carbons (Fsp3) is 1.00. The van der Waals surface area contributed by atoms with Crippen LogP contribution in [0.1, 0.15) is 117 Å². The second kappa shape index (κ2) is 10.0. The second-order valence-corrected chi connectivity index (χ2v) is 8.72. The first-order valence-corrected chi connectivity index (χ1v) is 10.9. The fourth-order valence-corrected chi connectivity index (χ4v) is 5.31. The van der Waals surface area contributed by atoms with Gasteiger partial charge in [-0.2, -0.15) is 0 Å². The number of unbranched alkanes of at least 4 members (excludes halogenated alkanes) is 4. The molecule has 0 amide bonds. The number of hydrogen-bond acceptors (Lipinski definition) is 0. The zero-order valence-corrected chi connectivity index (χ0v) is 15.9. The molecule has 2 fully saturated rings. The van der Waals surface area contributed by atoms with Crippen LogP contribution in [-0.4, -0.2) is 5.67 Å². The largest absolute Gasteiger partial charge is 0.244 e. The highest BCUT2D eigenvalue weighted by Crippen LogP contribution is 2.45. The Kier molecular flexibility index (Phi) is 8.41. The van der Waals surface area contributed by atoms with Gasteiger partial charge in [-0.05, 0) is 62.7 Å². The monoisotopic (exact) mass is 324 g/mol. The quantitative estimate of drug-likeness (QED) is 0.379. The molecule has 1 heteroatoms. The van der Waals surface area contributed by atoms with E-state index in [1.807, 2.05) is 0 Å². The lowest BCUT2D eigenvalue weighted by molar-refractivity contribution is 0.0470. The summed E-state index contributed by atoms with van der Waals surface area (Å²) in [6.45, 7) is 4.42. The summed E-state index contributed by atoms with van der Waals surface area (Å²) >= 11 is 0. The van der Waals surface area contributed by atoms with E-state index in [2.05, 4.69) is 13.8 Å². The Balaban J connectivity index is 1.60. The molecule has 0 aromatic rings. The average Bonchev–Trinajstić information content (AvgIpc) is 2.56. The molecule has 2 saturated carbocycles. The minimum Gasteiger partial charge on any atom is -0.244 e. The Bertz CT molecular complexity index is 295. The maximum Gasteiger partial charge on any atom is 0.111 e. The lowest BCUT2D eigenvalue weighted by atomic mass is 9.67. The SMILES string of the molecule is CCCCCCCC1CCC(C2CCC(F)(CCC)CC2)CC1. The van der Waals surface area contributed by atoms with Crippen molar-refractivity contribution in [2.45, 2.75) is 122 Å². The first-order valence-electron chi connectivity index (χ1n) is 10.9. The van der Waals surface area contributed by atoms with Crippen LogP contribution in [0.2, 0.25) is 0 Å². The second-order valence-electron chi connectivity index (χ2n) is 8.72. The predicted octanol–water partition coefficient (Wildman–Crippen LogP) is 7.85. The van der Waals surface area contributed by atoms with Crippen LogP contribution in [0.15, 0.2) is 0 Å². The van der Waals surface area contributed by atoms with Crippen molar-refractivity contribution in [2.24, 2.45) is 17.8 Å². The van der Waals surface area contributed by atoms with Gasteiger partial charge in [-0.15, -0.1) is 0 Å². The molecule has 2 aliphatic rings. The van der Waals surface area contributed by atoms with Crippen molar-refractivity contribution < 1.29 is 4.39 Å². The summed E-state index contributed by atoms with van der Waals surface area (Å²) in [7, 11) is 0. The van der Waals surface area contributed by atoms with Gasteiger partial charge in [0.05, 0.1) is 0 Å². The highest BCUT2D eigenvalue weighted by molar-refractivity contribution is 4.89. The van der Waals surface area contributed by atoms with Crippen molar-refractivity contribution >= 4 is 0 Å². The molecule has 136 valence electrons. The van der Waals surface area contributed by atoms with E-state index in [1.165, 1.54) is 77.0 Å². The number of alkyl halides is 1. The van der Waals surface area contributed by atoms with Crippen LogP contribution in [0, 0.1) is 17.8 Å². The first kappa shape index (κ1) is 19.3. The molecular weight excluding hydrogens is 283 g/mol. The molecule has 0 radical (unpaired) electrons. The molecule has 0 aliphatic heterocycles. The molecule has 0 bridgehead atoms. The fourth-order valence-electron chi connectivity index (χ4n) is 5.31. The molecule has 0 aromatic heterocycles. The molecule has 0 unspecified atom stereocenters. The minimum atomic E-state index is -0.805. The Hall–Kier alpha value is -0.0700. The number of hydrogen-bond donors (Lipinski definition) is 0. The third-order valence-electron chi connectivity index (χ3n) is 6.90. The van der Waals surface area contributed by atoms with E-state index in [0.717, 1.165) is 43.4 Å². The molecule has 0 saturated heterocycles. The smallest absolute Gasteiger partial charge is 0.111 e. The van der Waals surface area contributed by atoms with Crippen LogP contribution in [0.3, 0.4) is 0 Å². The van der Waals surface area contributed by atoms with Gasteiger partial charge in [-0.25, -0.2) is 4.39 Å². The van der Waals surface area contributed by atoms with Gasteiger partial charge in [0.1, 0.15) is 5.67 Å². The molecule has 0 aromatic carbocycles. The minimum absolute atomic E-state index is 0.796. The van der Waals surface area contributed by atoms with E-state index in [9.17, 15) is 4.39 Å². The Labute approximate surface area is 145 Å². The zero-order valence-electron chi connectivity index (χ0n) is 15.9. The van der Waals surface area contributed by atoms with Crippen molar-refractivity contribution in [3.8, 4) is 0 Å². The van der Waals surface area contributed by atoms with Crippen molar-refractivity contribution in [2.75, 3.05) is 0 Å². The normalized spacial score (nSPS) is 35.3.